The molecule has 0 saturated carbocycles. The summed E-state index contributed by atoms with van der Waals surface area (Å²) >= 11 is 5.94. The summed E-state index contributed by atoms with van der Waals surface area (Å²) in [4.78, 5) is 24.9. The highest BCUT2D eigenvalue weighted by Gasteiger charge is 2.26. The lowest BCUT2D eigenvalue weighted by atomic mass is 10.0. The summed E-state index contributed by atoms with van der Waals surface area (Å²) in [5.41, 5.74) is 1.13. The Balaban J connectivity index is 2.40. The van der Waals surface area contributed by atoms with E-state index < -0.39 is 10.5 Å². The minimum atomic E-state index is -0.843. The maximum atomic E-state index is 12.3. The van der Waals surface area contributed by atoms with Crippen LogP contribution >= 0.6 is 22.1 Å². The average Bonchev–Trinajstić information content (AvgIpc) is 2.39. The van der Waals surface area contributed by atoms with Crippen molar-refractivity contribution >= 4 is 33.1 Å². The smallest absolute Gasteiger partial charge is 0.195 e. The zero-order valence-electron chi connectivity index (χ0n) is 9.14. The van der Waals surface area contributed by atoms with Crippen LogP contribution in [-0.2, 0) is 4.79 Å². The van der Waals surface area contributed by atoms with Crippen molar-refractivity contribution in [1.29, 1.82) is 0 Å². The molecule has 18 heavy (non-hydrogen) atoms. The van der Waals surface area contributed by atoms with Gasteiger partial charge >= 0.3 is 0 Å². The van der Waals surface area contributed by atoms with Crippen molar-refractivity contribution in [2.45, 2.75) is 9.79 Å². The van der Waals surface area contributed by atoms with Crippen molar-refractivity contribution in [3.63, 3.8) is 0 Å². The fourth-order valence-corrected chi connectivity index (χ4v) is 3.91. The number of rotatable bonds is 0. The molecule has 1 aliphatic heterocycles. The van der Waals surface area contributed by atoms with Gasteiger partial charge < -0.3 is 0 Å². The minimum Gasteiger partial charge on any atom is -0.289 e. The molecule has 88 valence electrons. The highest BCUT2D eigenvalue weighted by atomic mass is 35.5. The van der Waals surface area contributed by atoms with Gasteiger partial charge in [-0.25, -0.2) is 4.79 Å². The monoisotopic (exact) mass is 274 g/mol. The fraction of sp³-hybridized carbons (Fsp3) is 0. The first-order chi connectivity index (χ1) is 8.72. The van der Waals surface area contributed by atoms with E-state index in [4.69, 9.17) is 11.6 Å². The van der Waals surface area contributed by atoms with E-state index in [1.807, 2.05) is 11.3 Å². The quantitative estimate of drug-likeness (QED) is 0.587. The second-order valence-electron chi connectivity index (χ2n) is 3.86. The predicted molar refractivity (Wildman–Crippen MR) is 71.1 cm³/mol. The van der Waals surface area contributed by atoms with Gasteiger partial charge in [-0.3, -0.25) is 4.79 Å². The predicted octanol–water partition coefficient (Wildman–Crippen LogP) is 3.64. The summed E-state index contributed by atoms with van der Waals surface area (Å²) in [6, 6.07) is 12.2. The summed E-state index contributed by atoms with van der Waals surface area (Å²) < 4.78 is 0. The first-order valence-electron chi connectivity index (χ1n) is 5.27. The van der Waals surface area contributed by atoms with Gasteiger partial charge in [-0.15, -0.1) is 0 Å². The van der Waals surface area contributed by atoms with Crippen LogP contribution in [-0.4, -0.2) is 11.0 Å². The molecule has 0 bridgehead atoms. The van der Waals surface area contributed by atoms with E-state index in [1.54, 1.807) is 36.4 Å². The SMILES string of the molecule is O=C=S1c2ccccc2C(=O)c2ccc(Cl)cc21. The lowest BCUT2D eigenvalue weighted by Crippen LogP contribution is -2.10. The zero-order valence-corrected chi connectivity index (χ0v) is 10.7. The molecule has 1 heterocycles. The Hall–Kier alpha value is -1.67. The van der Waals surface area contributed by atoms with Crippen molar-refractivity contribution in [2.24, 2.45) is 0 Å². The van der Waals surface area contributed by atoms with Crippen molar-refractivity contribution < 1.29 is 9.59 Å². The molecular formula is C14H7ClO2S. The largest absolute Gasteiger partial charge is 0.289 e. The zero-order chi connectivity index (χ0) is 12.7. The number of ketones is 1. The van der Waals surface area contributed by atoms with E-state index in [0.29, 0.717) is 21.0 Å². The van der Waals surface area contributed by atoms with E-state index in [9.17, 15) is 9.59 Å². The van der Waals surface area contributed by atoms with Crippen molar-refractivity contribution in [3.8, 4) is 0 Å². The van der Waals surface area contributed by atoms with Gasteiger partial charge in [0.05, 0.1) is 0 Å². The van der Waals surface area contributed by atoms with Crippen molar-refractivity contribution in [1.82, 2.24) is 0 Å². The van der Waals surface area contributed by atoms with E-state index in [1.165, 1.54) is 0 Å². The Labute approximate surface area is 111 Å². The van der Waals surface area contributed by atoms with Crippen LogP contribution in [0.5, 0.6) is 0 Å². The van der Waals surface area contributed by atoms with Gasteiger partial charge in [0.2, 0.25) is 0 Å². The van der Waals surface area contributed by atoms with E-state index in [0.717, 1.165) is 4.90 Å². The van der Waals surface area contributed by atoms with Crippen LogP contribution in [0.25, 0.3) is 0 Å². The molecule has 2 nitrogen and oxygen atoms in total. The number of benzene rings is 2. The maximum Gasteiger partial charge on any atom is 0.195 e. The summed E-state index contributed by atoms with van der Waals surface area (Å²) in [7, 11) is -0.843. The minimum absolute atomic E-state index is 0.0590. The Bertz CT molecular complexity index is 730. The van der Waals surface area contributed by atoms with Gasteiger partial charge in [-0.1, -0.05) is 23.7 Å². The lowest BCUT2D eigenvalue weighted by molar-refractivity contribution is 0.103. The number of hydrogen-bond donors (Lipinski definition) is 0. The molecule has 0 radical (unpaired) electrons. The third-order valence-corrected chi connectivity index (χ3v) is 4.82. The van der Waals surface area contributed by atoms with Crippen molar-refractivity contribution in [3.05, 3.63) is 58.6 Å². The van der Waals surface area contributed by atoms with Gasteiger partial charge in [-0.2, -0.15) is 0 Å². The Morgan fingerprint density at radius 3 is 2.50 bits per heavy atom. The first kappa shape index (κ1) is 11.4. The molecule has 1 aliphatic rings. The molecule has 2 aromatic carbocycles. The van der Waals surface area contributed by atoms with Crippen molar-refractivity contribution in [2.75, 3.05) is 0 Å². The van der Waals surface area contributed by atoms with Crippen LogP contribution in [0.4, 0.5) is 0 Å². The third kappa shape index (κ3) is 1.57. The molecular weight excluding hydrogens is 268 g/mol. The second-order valence-corrected chi connectivity index (χ2v) is 5.95. The molecule has 0 N–H and O–H groups in total. The van der Waals surface area contributed by atoms with Gasteiger partial charge in [0, 0.05) is 25.9 Å². The van der Waals surface area contributed by atoms with Gasteiger partial charge in [0.25, 0.3) is 0 Å². The summed E-state index contributed by atoms with van der Waals surface area (Å²) in [6.07, 6.45) is 0. The molecule has 0 aromatic heterocycles. The molecule has 1 atom stereocenters. The molecule has 2 aromatic rings. The second kappa shape index (κ2) is 4.21. The summed E-state index contributed by atoms with van der Waals surface area (Å²) in [5, 5.41) is 2.55. The summed E-state index contributed by atoms with van der Waals surface area (Å²) in [6.45, 7) is 0. The van der Waals surface area contributed by atoms with Crippen LogP contribution in [0.1, 0.15) is 15.9 Å². The Kier molecular flexibility index (Phi) is 2.67. The molecule has 0 spiro atoms. The van der Waals surface area contributed by atoms with E-state index >= 15 is 0 Å². The Morgan fingerprint density at radius 1 is 1.00 bits per heavy atom. The van der Waals surface area contributed by atoms with Gasteiger partial charge in [-0.05, 0) is 40.8 Å². The normalized spacial score (nSPS) is 16.7. The number of hydrogen-bond acceptors (Lipinski definition) is 2. The van der Waals surface area contributed by atoms with Crippen LogP contribution in [0.15, 0.2) is 52.3 Å². The van der Waals surface area contributed by atoms with Gasteiger partial charge in [0.1, 0.15) is 0 Å². The molecule has 0 fully saturated rings. The van der Waals surface area contributed by atoms with Crippen LogP contribution in [0.2, 0.25) is 5.02 Å². The summed E-state index contributed by atoms with van der Waals surface area (Å²) in [5.74, 6) is -0.0590. The highest BCUT2D eigenvalue weighted by Crippen LogP contribution is 2.44. The standard InChI is InChI=1S/C14H7ClO2S/c15-9-5-6-11-13(7-9)18(8-16)12-4-2-1-3-10(12)14(11)17/h1-7H. The third-order valence-electron chi connectivity index (χ3n) is 2.84. The fourth-order valence-electron chi connectivity index (χ4n) is 2.04. The molecule has 4 heteroatoms. The van der Waals surface area contributed by atoms with Crippen LogP contribution < -0.4 is 0 Å². The number of carbonyl (C=O) groups is 1. The van der Waals surface area contributed by atoms with Crippen LogP contribution in [0, 0.1) is 0 Å². The van der Waals surface area contributed by atoms with Crippen LogP contribution in [0.3, 0.4) is 0 Å². The highest BCUT2D eigenvalue weighted by molar-refractivity contribution is 8.14. The lowest BCUT2D eigenvalue weighted by Gasteiger charge is -2.19. The maximum absolute atomic E-state index is 12.3. The molecule has 1 unspecified atom stereocenters. The number of fused-ring (bicyclic) bond motifs is 2. The molecule has 3 rings (SSSR count). The topological polar surface area (TPSA) is 34.1 Å². The average molecular weight is 275 g/mol. The number of halogens is 1. The van der Waals surface area contributed by atoms with E-state index in [2.05, 4.69) is 0 Å². The van der Waals surface area contributed by atoms with E-state index in [-0.39, 0.29) is 5.78 Å². The molecule has 0 amide bonds. The first-order valence-corrected chi connectivity index (χ1v) is 6.88. The molecule has 0 aliphatic carbocycles. The number of carbonyl (C=O) groups excluding carboxylic acids is 2. The van der Waals surface area contributed by atoms with Gasteiger partial charge in [0.15, 0.2) is 11.0 Å². The Morgan fingerprint density at radius 2 is 1.72 bits per heavy atom. The molecule has 0 saturated heterocycles.